The molecule has 0 atom stereocenters. The monoisotopic (exact) mass is 475 g/mol. The van der Waals surface area contributed by atoms with Crippen LogP contribution in [0.25, 0.3) is 10.2 Å². The Labute approximate surface area is 179 Å². The first-order chi connectivity index (χ1) is 13.7. The Kier molecular flexibility index (Phi) is 6.41. The van der Waals surface area contributed by atoms with E-state index in [9.17, 15) is 4.79 Å². The molecule has 1 fully saturated rings. The van der Waals surface area contributed by atoms with Gasteiger partial charge in [-0.05, 0) is 35.9 Å². The van der Waals surface area contributed by atoms with Gasteiger partial charge in [-0.3, -0.25) is 9.79 Å². The maximum absolute atomic E-state index is 12.3. The number of thioether (sulfide) groups is 1. The molecule has 2 aromatic carbocycles. The Hall–Kier alpha value is -1.74. The summed E-state index contributed by atoms with van der Waals surface area (Å²) < 4.78 is 8.33. The van der Waals surface area contributed by atoms with Crippen molar-refractivity contribution >= 4 is 67.1 Å². The van der Waals surface area contributed by atoms with Gasteiger partial charge in [0.2, 0.25) is 5.91 Å². The van der Waals surface area contributed by atoms with Gasteiger partial charge in [0.1, 0.15) is 0 Å². The second kappa shape index (κ2) is 9.17. The summed E-state index contributed by atoms with van der Waals surface area (Å²) in [5.41, 5.74) is 2.87. The van der Waals surface area contributed by atoms with Crippen LogP contribution in [0, 0.1) is 0 Å². The topological polar surface area (TPSA) is 54.8 Å². The molecule has 144 valence electrons. The number of aliphatic imine (C=N–C) groups is 1. The Balaban J connectivity index is 1.41. The number of fused-ring (bicyclic) bond motifs is 1. The summed E-state index contributed by atoms with van der Waals surface area (Å²) in [7, 11) is 0. The lowest BCUT2D eigenvalue weighted by molar-refractivity contribution is -0.132. The Morgan fingerprint density at radius 2 is 2.04 bits per heavy atom. The normalized spacial score (nSPS) is 14.8. The van der Waals surface area contributed by atoms with Gasteiger partial charge in [0.15, 0.2) is 4.34 Å². The van der Waals surface area contributed by atoms with Gasteiger partial charge in [0, 0.05) is 23.8 Å². The molecule has 5 nitrogen and oxygen atoms in total. The predicted molar refractivity (Wildman–Crippen MR) is 119 cm³/mol. The maximum Gasteiger partial charge on any atom is 0.233 e. The van der Waals surface area contributed by atoms with Crippen molar-refractivity contribution in [3.8, 4) is 0 Å². The molecular weight excluding hydrogens is 458 g/mol. The van der Waals surface area contributed by atoms with E-state index in [1.54, 1.807) is 11.3 Å². The number of amides is 1. The number of benzene rings is 2. The highest BCUT2D eigenvalue weighted by Crippen LogP contribution is 2.32. The van der Waals surface area contributed by atoms with Crippen LogP contribution in [0.3, 0.4) is 0 Å². The number of morpholine rings is 1. The number of aromatic nitrogens is 1. The highest BCUT2D eigenvalue weighted by Gasteiger charge is 2.17. The lowest BCUT2D eigenvalue weighted by Crippen LogP contribution is -2.41. The van der Waals surface area contributed by atoms with Crippen molar-refractivity contribution in [1.82, 2.24) is 9.88 Å². The van der Waals surface area contributed by atoms with Crippen LogP contribution in [-0.4, -0.2) is 54.1 Å². The highest BCUT2D eigenvalue weighted by atomic mass is 79.9. The smallest absolute Gasteiger partial charge is 0.233 e. The van der Waals surface area contributed by atoms with Crippen LogP contribution in [0.4, 0.5) is 5.69 Å². The van der Waals surface area contributed by atoms with Gasteiger partial charge < -0.3 is 9.64 Å². The lowest BCUT2D eigenvalue weighted by atomic mass is 10.2. The van der Waals surface area contributed by atoms with Crippen LogP contribution in [0.2, 0.25) is 0 Å². The molecule has 0 aliphatic carbocycles. The van der Waals surface area contributed by atoms with Crippen molar-refractivity contribution in [1.29, 1.82) is 0 Å². The van der Waals surface area contributed by atoms with E-state index in [2.05, 4.69) is 25.9 Å². The van der Waals surface area contributed by atoms with Gasteiger partial charge in [-0.2, -0.15) is 0 Å². The number of nitrogens with zero attached hydrogens (tertiary/aromatic N) is 3. The van der Waals surface area contributed by atoms with E-state index in [0.29, 0.717) is 32.1 Å². The molecule has 0 saturated carbocycles. The van der Waals surface area contributed by atoms with Crippen molar-refractivity contribution < 1.29 is 9.53 Å². The molecule has 3 aromatic rings. The van der Waals surface area contributed by atoms with Crippen molar-refractivity contribution in [3.63, 3.8) is 0 Å². The van der Waals surface area contributed by atoms with E-state index < -0.39 is 0 Å². The number of rotatable bonds is 5. The third-order valence-electron chi connectivity index (χ3n) is 4.27. The molecule has 0 bridgehead atoms. The number of carbonyl (C=O) groups is 1. The predicted octanol–water partition coefficient (Wildman–Crippen LogP) is 4.76. The van der Waals surface area contributed by atoms with Gasteiger partial charge in [0.25, 0.3) is 0 Å². The molecule has 8 heteroatoms. The quantitative estimate of drug-likeness (QED) is 0.394. The van der Waals surface area contributed by atoms with Crippen LogP contribution in [0.1, 0.15) is 5.56 Å². The van der Waals surface area contributed by atoms with E-state index in [0.717, 1.165) is 30.3 Å². The molecule has 0 radical (unpaired) electrons. The van der Waals surface area contributed by atoms with E-state index in [1.165, 1.54) is 11.8 Å². The maximum atomic E-state index is 12.3. The average molecular weight is 476 g/mol. The van der Waals surface area contributed by atoms with Crippen molar-refractivity contribution in [2.75, 3.05) is 32.1 Å². The summed E-state index contributed by atoms with van der Waals surface area (Å²) >= 11 is 6.53. The number of hydrogen-bond acceptors (Lipinski definition) is 6. The zero-order valence-corrected chi connectivity index (χ0v) is 18.2. The fraction of sp³-hybridized carbons (Fsp3) is 0.250. The molecular formula is C20H18BrN3O2S2. The molecule has 0 N–H and O–H groups in total. The molecule has 1 aliphatic rings. The fourth-order valence-corrected chi connectivity index (χ4v) is 5.03. The molecule has 0 unspecified atom stereocenters. The fourth-order valence-electron chi connectivity index (χ4n) is 2.76. The van der Waals surface area contributed by atoms with Gasteiger partial charge in [-0.15, -0.1) is 11.3 Å². The Morgan fingerprint density at radius 3 is 2.82 bits per heavy atom. The summed E-state index contributed by atoms with van der Waals surface area (Å²) in [6.07, 6.45) is 1.85. The third-order valence-corrected chi connectivity index (χ3v) is 6.94. The number of carbonyl (C=O) groups excluding carboxylic acids is 1. The van der Waals surface area contributed by atoms with Crippen LogP contribution in [-0.2, 0) is 9.53 Å². The Bertz CT molecular complexity index is 998. The second-order valence-electron chi connectivity index (χ2n) is 6.22. The minimum absolute atomic E-state index is 0.146. The van der Waals surface area contributed by atoms with Crippen LogP contribution >= 0.6 is 39.0 Å². The standard InChI is InChI=1S/C20H18BrN3O2S2/c21-15-3-1-14(2-4-15)12-22-16-5-6-17-18(11-16)28-20(23-17)27-13-19(25)24-7-9-26-10-8-24/h1-6,11-12H,7-10,13H2. The van der Waals surface area contributed by atoms with E-state index in [-0.39, 0.29) is 5.91 Å². The molecule has 1 saturated heterocycles. The third kappa shape index (κ3) is 5.00. The molecule has 28 heavy (non-hydrogen) atoms. The first-order valence-corrected chi connectivity index (χ1v) is 11.5. The lowest BCUT2D eigenvalue weighted by Gasteiger charge is -2.26. The van der Waals surface area contributed by atoms with E-state index in [4.69, 9.17) is 4.74 Å². The van der Waals surface area contributed by atoms with Crippen molar-refractivity contribution in [2.45, 2.75) is 4.34 Å². The molecule has 2 heterocycles. The largest absolute Gasteiger partial charge is 0.378 e. The molecule has 1 aromatic heterocycles. The van der Waals surface area contributed by atoms with Gasteiger partial charge in [0.05, 0.1) is 34.9 Å². The van der Waals surface area contributed by atoms with Crippen molar-refractivity contribution in [3.05, 3.63) is 52.5 Å². The zero-order valence-electron chi connectivity index (χ0n) is 15.0. The number of halogens is 1. The van der Waals surface area contributed by atoms with E-state index >= 15 is 0 Å². The average Bonchev–Trinajstić information content (AvgIpc) is 3.14. The molecule has 4 rings (SSSR count). The number of hydrogen-bond donors (Lipinski definition) is 0. The summed E-state index contributed by atoms with van der Waals surface area (Å²) in [4.78, 5) is 23.3. The van der Waals surface area contributed by atoms with Crippen LogP contribution in [0.15, 0.2) is 56.3 Å². The molecule has 1 aliphatic heterocycles. The van der Waals surface area contributed by atoms with Crippen molar-refractivity contribution in [2.24, 2.45) is 4.99 Å². The first-order valence-electron chi connectivity index (χ1n) is 8.86. The summed E-state index contributed by atoms with van der Waals surface area (Å²) in [6, 6.07) is 14.0. The van der Waals surface area contributed by atoms with Crippen LogP contribution in [0.5, 0.6) is 0 Å². The molecule has 0 spiro atoms. The Morgan fingerprint density at radius 1 is 1.25 bits per heavy atom. The van der Waals surface area contributed by atoms with Gasteiger partial charge in [-0.25, -0.2) is 4.98 Å². The first kappa shape index (κ1) is 19.6. The number of thiazole rings is 1. The van der Waals surface area contributed by atoms with E-state index in [1.807, 2.05) is 53.6 Å². The van der Waals surface area contributed by atoms with Crippen LogP contribution < -0.4 is 0 Å². The zero-order chi connectivity index (χ0) is 19.3. The second-order valence-corrected chi connectivity index (χ2v) is 9.39. The SMILES string of the molecule is O=C(CSc1nc2ccc(N=Cc3ccc(Br)cc3)cc2s1)N1CCOCC1. The van der Waals surface area contributed by atoms with Gasteiger partial charge in [-0.1, -0.05) is 39.8 Å². The minimum atomic E-state index is 0.146. The summed E-state index contributed by atoms with van der Waals surface area (Å²) in [6.45, 7) is 2.61. The number of ether oxygens (including phenoxy) is 1. The summed E-state index contributed by atoms with van der Waals surface area (Å²) in [5.74, 6) is 0.557. The summed E-state index contributed by atoms with van der Waals surface area (Å²) in [5, 5.41) is 0. The highest BCUT2D eigenvalue weighted by molar-refractivity contribution is 9.10. The minimum Gasteiger partial charge on any atom is -0.378 e. The molecule has 1 amide bonds. The van der Waals surface area contributed by atoms with Gasteiger partial charge >= 0.3 is 0 Å².